The molecule has 24 heavy (non-hydrogen) atoms. The van der Waals surface area contributed by atoms with E-state index in [0.29, 0.717) is 18.3 Å². The molecule has 0 aromatic carbocycles. The Kier molecular flexibility index (Phi) is 7.95. The number of rotatable bonds is 5. The Labute approximate surface area is 154 Å². The van der Waals surface area contributed by atoms with Crippen LogP contribution in [0.4, 0.5) is 13.2 Å². The van der Waals surface area contributed by atoms with Crippen LogP contribution in [-0.2, 0) is 6.54 Å². The second kappa shape index (κ2) is 9.45. The number of hydrogen-bond acceptors (Lipinski definition) is 3. The van der Waals surface area contributed by atoms with Crippen LogP contribution in [0.3, 0.4) is 0 Å². The fourth-order valence-corrected chi connectivity index (χ4v) is 1.84. The Hall–Kier alpha value is -1.85. The van der Waals surface area contributed by atoms with E-state index in [0.717, 1.165) is 5.56 Å². The number of pyridine rings is 1. The molecule has 0 unspecified atom stereocenters. The fourth-order valence-electron chi connectivity index (χ4n) is 1.84. The highest BCUT2D eigenvalue weighted by molar-refractivity contribution is 14.0. The molecule has 0 spiro atoms. The van der Waals surface area contributed by atoms with E-state index in [1.807, 2.05) is 12.1 Å². The molecule has 2 heterocycles. The molecule has 0 amide bonds. The normalized spacial score (nSPS) is 11.8. The number of hydrogen-bond donors (Lipinski definition) is 2. The predicted molar refractivity (Wildman–Crippen MR) is 95.6 cm³/mol. The van der Waals surface area contributed by atoms with Crippen LogP contribution in [-0.4, -0.2) is 40.3 Å². The summed E-state index contributed by atoms with van der Waals surface area (Å²) < 4.78 is 38.1. The Morgan fingerprint density at radius 1 is 1.29 bits per heavy atom. The van der Waals surface area contributed by atoms with Gasteiger partial charge in [-0.25, -0.2) is 9.97 Å². The van der Waals surface area contributed by atoms with Crippen LogP contribution in [0.25, 0.3) is 5.82 Å². The number of halogens is 4. The molecule has 0 saturated heterocycles. The first kappa shape index (κ1) is 20.2. The maximum Gasteiger partial charge on any atom is 0.390 e. The molecule has 0 aliphatic carbocycles. The highest BCUT2D eigenvalue weighted by Gasteiger charge is 2.26. The van der Waals surface area contributed by atoms with Crippen LogP contribution in [0.5, 0.6) is 0 Å². The quantitative estimate of drug-likeness (QED) is 0.414. The van der Waals surface area contributed by atoms with Crippen LogP contribution in [0.1, 0.15) is 12.0 Å². The van der Waals surface area contributed by atoms with Gasteiger partial charge in [-0.05, 0) is 17.7 Å². The lowest BCUT2D eigenvalue weighted by atomic mass is 10.2. The van der Waals surface area contributed by atoms with E-state index in [1.165, 1.54) is 7.05 Å². The first-order chi connectivity index (χ1) is 11.0. The molecule has 6 nitrogen and oxygen atoms in total. The molecule has 2 rings (SSSR count). The highest BCUT2D eigenvalue weighted by Crippen LogP contribution is 2.18. The Morgan fingerprint density at radius 2 is 2.08 bits per heavy atom. The third-order valence-electron chi connectivity index (χ3n) is 2.96. The monoisotopic (exact) mass is 454 g/mol. The number of guanidine groups is 1. The maximum absolute atomic E-state index is 12.1. The summed E-state index contributed by atoms with van der Waals surface area (Å²) in [5.74, 6) is 1.03. The lowest BCUT2D eigenvalue weighted by Gasteiger charge is -2.13. The van der Waals surface area contributed by atoms with E-state index in [1.54, 1.807) is 29.5 Å². The van der Waals surface area contributed by atoms with Gasteiger partial charge >= 0.3 is 6.18 Å². The number of aliphatic imine (C=N–C) groups is 1. The fraction of sp³-hybridized carbons (Fsp3) is 0.357. The maximum atomic E-state index is 12.1. The van der Waals surface area contributed by atoms with Gasteiger partial charge in [-0.15, -0.1) is 24.0 Å². The molecular formula is C14H18F3IN6. The van der Waals surface area contributed by atoms with Gasteiger partial charge in [0.05, 0.1) is 6.42 Å². The van der Waals surface area contributed by atoms with Crippen molar-refractivity contribution in [3.8, 4) is 5.82 Å². The van der Waals surface area contributed by atoms with Crippen molar-refractivity contribution < 1.29 is 13.2 Å². The first-order valence-electron chi connectivity index (χ1n) is 6.92. The molecule has 0 radical (unpaired) electrons. The van der Waals surface area contributed by atoms with Gasteiger partial charge < -0.3 is 10.6 Å². The molecular weight excluding hydrogens is 436 g/mol. The van der Waals surface area contributed by atoms with E-state index < -0.39 is 12.6 Å². The minimum absolute atomic E-state index is 0. The highest BCUT2D eigenvalue weighted by atomic mass is 127. The van der Waals surface area contributed by atoms with Crippen LogP contribution in [0, 0.1) is 0 Å². The summed E-state index contributed by atoms with van der Waals surface area (Å²) >= 11 is 0. The summed E-state index contributed by atoms with van der Waals surface area (Å²) in [6.45, 7) is 0.190. The minimum Gasteiger partial charge on any atom is -0.356 e. The van der Waals surface area contributed by atoms with E-state index in [4.69, 9.17) is 0 Å². The number of nitrogens with one attached hydrogen (secondary N) is 2. The standard InChI is InChI=1S/C14H17F3N6.HI/c1-18-13(21-5-3-14(15,16)17)22-9-11-2-4-20-12(8-11)23-7-6-19-10-23;/h2,4,6-8,10H,3,5,9H2,1H3,(H2,18,21,22);1H. The van der Waals surface area contributed by atoms with Crippen molar-refractivity contribution in [2.45, 2.75) is 19.1 Å². The molecule has 0 aliphatic heterocycles. The van der Waals surface area contributed by atoms with Gasteiger partial charge in [0, 0.05) is 38.7 Å². The van der Waals surface area contributed by atoms with Gasteiger partial charge in [0.15, 0.2) is 5.96 Å². The summed E-state index contributed by atoms with van der Waals surface area (Å²) in [7, 11) is 1.51. The van der Waals surface area contributed by atoms with Crippen LogP contribution in [0.15, 0.2) is 42.0 Å². The van der Waals surface area contributed by atoms with Gasteiger partial charge in [-0.2, -0.15) is 13.2 Å². The van der Waals surface area contributed by atoms with E-state index in [2.05, 4.69) is 25.6 Å². The van der Waals surface area contributed by atoms with Crippen molar-refractivity contribution in [1.29, 1.82) is 0 Å². The topological polar surface area (TPSA) is 67.1 Å². The zero-order chi connectivity index (χ0) is 16.7. The third kappa shape index (κ3) is 6.72. The summed E-state index contributed by atoms with van der Waals surface area (Å²) in [6, 6.07) is 3.67. The molecule has 2 N–H and O–H groups in total. The van der Waals surface area contributed by atoms with E-state index in [-0.39, 0.29) is 30.5 Å². The van der Waals surface area contributed by atoms with Gasteiger partial charge in [0.2, 0.25) is 0 Å². The molecule has 10 heteroatoms. The molecule has 0 saturated carbocycles. The summed E-state index contributed by atoms with van der Waals surface area (Å²) in [5, 5.41) is 5.59. The van der Waals surface area contributed by atoms with Crippen molar-refractivity contribution in [2.24, 2.45) is 4.99 Å². The molecule has 0 atom stereocenters. The summed E-state index contributed by atoms with van der Waals surface area (Å²) in [5.41, 5.74) is 0.919. The van der Waals surface area contributed by atoms with Crippen molar-refractivity contribution in [2.75, 3.05) is 13.6 Å². The van der Waals surface area contributed by atoms with Crippen LogP contribution >= 0.6 is 24.0 Å². The van der Waals surface area contributed by atoms with Crippen molar-refractivity contribution >= 4 is 29.9 Å². The second-order valence-corrected chi connectivity index (χ2v) is 4.71. The van der Waals surface area contributed by atoms with Crippen LogP contribution < -0.4 is 10.6 Å². The number of alkyl halides is 3. The molecule has 2 aromatic heterocycles. The van der Waals surface area contributed by atoms with Gasteiger partial charge in [-0.1, -0.05) is 0 Å². The number of nitrogens with zero attached hydrogens (tertiary/aromatic N) is 4. The summed E-state index contributed by atoms with van der Waals surface area (Å²) in [4.78, 5) is 12.1. The molecule has 2 aromatic rings. The van der Waals surface area contributed by atoms with Gasteiger partial charge in [-0.3, -0.25) is 9.56 Å². The van der Waals surface area contributed by atoms with E-state index >= 15 is 0 Å². The van der Waals surface area contributed by atoms with Crippen molar-refractivity contribution in [1.82, 2.24) is 25.2 Å². The number of imidazole rings is 1. The lowest BCUT2D eigenvalue weighted by molar-refractivity contribution is -0.132. The molecule has 0 aliphatic rings. The molecule has 0 bridgehead atoms. The van der Waals surface area contributed by atoms with Gasteiger partial charge in [0.25, 0.3) is 0 Å². The average molecular weight is 454 g/mol. The van der Waals surface area contributed by atoms with E-state index in [9.17, 15) is 13.2 Å². The van der Waals surface area contributed by atoms with Crippen molar-refractivity contribution in [3.05, 3.63) is 42.6 Å². The average Bonchev–Trinajstić information content (AvgIpc) is 3.04. The third-order valence-corrected chi connectivity index (χ3v) is 2.96. The van der Waals surface area contributed by atoms with Crippen LogP contribution in [0.2, 0.25) is 0 Å². The predicted octanol–water partition coefficient (Wildman–Crippen LogP) is 2.50. The summed E-state index contributed by atoms with van der Waals surface area (Å²) in [6.07, 6.45) is 1.63. The molecule has 132 valence electrons. The Bertz CT molecular complexity index is 642. The zero-order valence-electron chi connectivity index (χ0n) is 12.9. The lowest BCUT2D eigenvalue weighted by Crippen LogP contribution is -2.38. The Morgan fingerprint density at radius 3 is 2.71 bits per heavy atom. The zero-order valence-corrected chi connectivity index (χ0v) is 15.2. The largest absolute Gasteiger partial charge is 0.390 e. The first-order valence-corrected chi connectivity index (χ1v) is 6.92. The second-order valence-electron chi connectivity index (χ2n) is 4.71. The van der Waals surface area contributed by atoms with Gasteiger partial charge in [0.1, 0.15) is 12.1 Å². The smallest absolute Gasteiger partial charge is 0.356 e. The van der Waals surface area contributed by atoms with Crippen molar-refractivity contribution in [3.63, 3.8) is 0 Å². The number of aromatic nitrogens is 3. The Balaban J connectivity index is 0.00000288. The molecule has 0 fully saturated rings. The SMILES string of the molecule is CN=C(NCCC(F)(F)F)NCc1ccnc(-n2ccnc2)c1.I. The minimum atomic E-state index is -4.18.